The van der Waals surface area contributed by atoms with Crippen LogP contribution in [-0.2, 0) is 17.9 Å². The fraction of sp³-hybridized carbons (Fsp3) is 0.176. The zero-order valence-corrected chi connectivity index (χ0v) is 12.2. The number of hydrogen-bond acceptors (Lipinski definition) is 3. The molecule has 0 atom stereocenters. The number of para-hydroxylation sites is 2. The Morgan fingerprint density at radius 2 is 1.86 bits per heavy atom. The highest BCUT2D eigenvalue weighted by molar-refractivity contribution is 5.80. The minimum atomic E-state index is -1.06. The van der Waals surface area contributed by atoms with Crippen LogP contribution in [0.2, 0.25) is 0 Å². The van der Waals surface area contributed by atoms with Gasteiger partial charge in [0.05, 0.1) is 17.6 Å². The first-order chi connectivity index (χ1) is 10.7. The van der Waals surface area contributed by atoms with Crippen LogP contribution in [0.5, 0.6) is 0 Å². The molecule has 0 saturated carbocycles. The number of nitrogens with zero attached hydrogens (tertiary/aromatic N) is 2. The first-order valence-electron chi connectivity index (χ1n) is 7.22. The average Bonchev–Trinajstić information content (AvgIpc) is 2.91. The van der Waals surface area contributed by atoms with Gasteiger partial charge in [0.2, 0.25) is 0 Å². The van der Waals surface area contributed by atoms with Crippen molar-refractivity contribution in [3.63, 3.8) is 0 Å². The summed E-state index contributed by atoms with van der Waals surface area (Å²) >= 11 is 0. The number of carbonyl (C=O) groups excluding carboxylic acids is 1. The summed E-state index contributed by atoms with van der Waals surface area (Å²) in [7, 11) is 0. The molecule has 3 N–H and O–H groups in total. The largest absolute Gasteiger partial charge is 0.550 e. The second-order valence-electron chi connectivity index (χ2n) is 5.14. The number of quaternary nitrogens is 1. The summed E-state index contributed by atoms with van der Waals surface area (Å²) in [5.74, 6) is -0.283. The van der Waals surface area contributed by atoms with E-state index in [1.54, 1.807) is 0 Å². The number of aryl methyl sites for hydroxylation is 1. The Labute approximate surface area is 128 Å². The molecule has 3 rings (SSSR count). The number of carboxylic acid groups (broad SMARTS) is 1. The number of imidazole rings is 1. The predicted octanol–water partition coefficient (Wildman–Crippen LogP) is 0.585. The number of aromatic nitrogens is 2. The van der Waals surface area contributed by atoms with Gasteiger partial charge in [0.25, 0.3) is 0 Å². The number of rotatable bonds is 5. The Balaban J connectivity index is 2.09. The van der Waals surface area contributed by atoms with Gasteiger partial charge in [-0.15, -0.1) is 0 Å². The minimum absolute atomic E-state index is 0.0374. The lowest BCUT2D eigenvalue weighted by Crippen LogP contribution is -2.47. The third-order valence-electron chi connectivity index (χ3n) is 3.69. The summed E-state index contributed by atoms with van der Waals surface area (Å²) in [6.45, 7) is 1.08. The minimum Gasteiger partial charge on any atom is -0.550 e. The summed E-state index contributed by atoms with van der Waals surface area (Å²) < 4.78 is 1.93. The van der Waals surface area contributed by atoms with Crippen molar-refractivity contribution < 1.29 is 15.6 Å². The lowest BCUT2D eigenvalue weighted by atomic mass is 10.1. The molecule has 0 unspecified atom stereocenters. The quantitative estimate of drug-likeness (QED) is 0.747. The summed E-state index contributed by atoms with van der Waals surface area (Å²) in [4.78, 5) is 15.5. The van der Waals surface area contributed by atoms with Gasteiger partial charge in [0, 0.05) is 30.1 Å². The first kappa shape index (κ1) is 14.3. The fourth-order valence-electron chi connectivity index (χ4n) is 2.55. The molecule has 2 aromatic carbocycles. The van der Waals surface area contributed by atoms with Crippen molar-refractivity contribution >= 4 is 17.0 Å². The number of fused-ring (bicyclic) bond motifs is 1. The molecule has 5 nitrogen and oxygen atoms in total. The molecular weight excluding hydrogens is 278 g/mol. The van der Waals surface area contributed by atoms with Crippen molar-refractivity contribution in [3.05, 3.63) is 54.1 Å². The van der Waals surface area contributed by atoms with Crippen LogP contribution in [0.25, 0.3) is 22.4 Å². The number of aliphatic carboxylic acids is 1. The van der Waals surface area contributed by atoms with E-state index in [2.05, 4.69) is 10.7 Å². The van der Waals surface area contributed by atoms with E-state index in [1.807, 2.05) is 53.1 Å². The topological polar surface area (TPSA) is 85.6 Å². The van der Waals surface area contributed by atoms with E-state index >= 15 is 0 Å². The molecule has 22 heavy (non-hydrogen) atoms. The summed E-state index contributed by atoms with van der Waals surface area (Å²) in [5.41, 5.74) is 7.77. The molecule has 3 aromatic rings. The van der Waals surface area contributed by atoms with Gasteiger partial charge in [-0.25, -0.2) is 4.98 Å². The Morgan fingerprint density at radius 1 is 1.14 bits per heavy atom. The van der Waals surface area contributed by atoms with E-state index in [0.717, 1.165) is 34.5 Å². The van der Waals surface area contributed by atoms with E-state index < -0.39 is 5.97 Å². The van der Waals surface area contributed by atoms with Crippen LogP contribution >= 0.6 is 0 Å². The van der Waals surface area contributed by atoms with Crippen molar-refractivity contribution in [1.82, 2.24) is 9.55 Å². The van der Waals surface area contributed by atoms with Crippen LogP contribution in [0.15, 0.2) is 48.5 Å². The summed E-state index contributed by atoms with van der Waals surface area (Å²) in [6, 6.07) is 15.8. The number of carboxylic acids is 1. The molecule has 1 heterocycles. The molecule has 0 saturated heterocycles. The highest BCUT2D eigenvalue weighted by Gasteiger charge is 2.12. The molecule has 0 aliphatic carbocycles. The predicted molar refractivity (Wildman–Crippen MR) is 81.4 cm³/mol. The Bertz CT molecular complexity index is 806. The number of hydrogen-bond donors (Lipinski definition) is 1. The molecule has 0 bridgehead atoms. The second kappa shape index (κ2) is 5.99. The highest BCUT2D eigenvalue weighted by atomic mass is 16.4. The zero-order chi connectivity index (χ0) is 15.5. The lowest BCUT2D eigenvalue weighted by Gasteiger charge is -2.10. The summed E-state index contributed by atoms with van der Waals surface area (Å²) in [5, 5.41) is 10.8. The van der Waals surface area contributed by atoms with Gasteiger partial charge in [0.1, 0.15) is 5.82 Å². The average molecular weight is 295 g/mol. The molecule has 0 spiro atoms. The van der Waals surface area contributed by atoms with Gasteiger partial charge in [-0.2, -0.15) is 0 Å². The third-order valence-corrected chi connectivity index (χ3v) is 3.69. The standard InChI is InChI=1S/C17H17N3O2/c18-11-12-5-7-13(8-6-12)17-19-14-3-1-2-4-15(14)20(17)10-9-16(21)22/h1-8H,9-11,18H2,(H,21,22). The molecule has 1 aromatic heterocycles. The second-order valence-corrected chi connectivity index (χ2v) is 5.14. The Morgan fingerprint density at radius 3 is 2.55 bits per heavy atom. The maximum absolute atomic E-state index is 10.8. The van der Waals surface area contributed by atoms with Gasteiger partial charge in [-0.3, -0.25) is 0 Å². The molecule has 112 valence electrons. The smallest absolute Gasteiger partial charge is 0.141 e. The molecule has 5 heteroatoms. The van der Waals surface area contributed by atoms with E-state index in [-0.39, 0.29) is 6.42 Å². The molecular formula is C17H17N3O2. The maximum atomic E-state index is 10.8. The van der Waals surface area contributed by atoms with Gasteiger partial charge in [-0.05, 0) is 12.1 Å². The van der Waals surface area contributed by atoms with Crippen LogP contribution in [0.3, 0.4) is 0 Å². The van der Waals surface area contributed by atoms with E-state index in [0.29, 0.717) is 6.54 Å². The molecule has 0 radical (unpaired) electrons. The summed E-state index contributed by atoms with van der Waals surface area (Å²) in [6.07, 6.45) is -0.0374. The molecule has 0 aliphatic heterocycles. The number of benzene rings is 2. The maximum Gasteiger partial charge on any atom is 0.141 e. The Kier molecular flexibility index (Phi) is 3.89. The molecule has 0 amide bonds. The highest BCUT2D eigenvalue weighted by Crippen LogP contribution is 2.25. The van der Waals surface area contributed by atoms with E-state index in [9.17, 15) is 9.90 Å². The fourth-order valence-corrected chi connectivity index (χ4v) is 2.55. The van der Waals surface area contributed by atoms with Crippen LogP contribution in [0.4, 0.5) is 0 Å². The SMILES string of the molecule is [NH3+]Cc1ccc(-c2nc3ccccc3n2CCC(=O)[O-])cc1. The van der Waals surface area contributed by atoms with Crippen molar-refractivity contribution in [2.24, 2.45) is 0 Å². The molecule has 0 aliphatic rings. The van der Waals surface area contributed by atoms with Crippen molar-refractivity contribution in [1.29, 1.82) is 0 Å². The van der Waals surface area contributed by atoms with E-state index in [4.69, 9.17) is 0 Å². The molecule has 0 fully saturated rings. The lowest BCUT2D eigenvalue weighted by molar-refractivity contribution is -0.386. The van der Waals surface area contributed by atoms with Crippen LogP contribution in [0.1, 0.15) is 12.0 Å². The van der Waals surface area contributed by atoms with Gasteiger partial charge >= 0.3 is 0 Å². The van der Waals surface area contributed by atoms with Crippen molar-refractivity contribution in [2.45, 2.75) is 19.5 Å². The van der Waals surface area contributed by atoms with E-state index in [1.165, 1.54) is 0 Å². The van der Waals surface area contributed by atoms with Gasteiger partial charge in [-0.1, -0.05) is 36.4 Å². The van der Waals surface area contributed by atoms with Crippen molar-refractivity contribution in [3.8, 4) is 11.4 Å². The van der Waals surface area contributed by atoms with Gasteiger partial charge in [0.15, 0.2) is 0 Å². The third kappa shape index (κ3) is 2.71. The number of carbonyl (C=O) groups is 1. The van der Waals surface area contributed by atoms with Crippen LogP contribution in [0, 0.1) is 0 Å². The zero-order valence-electron chi connectivity index (χ0n) is 12.2. The Hall–Kier alpha value is -2.66. The van der Waals surface area contributed by atoms with Crippen LogP contribution < -0.4 is 10.8 Å². The monoisotopic (exact) mass is 295 g/mol. The van der Waals surface area contributed by atoms with Gasteiger partial charge < -0.3 is 20.2 Å². The van der Waals surface area contributed by atoms with Crippen molar-refractivity contribution in [2.75, 3.05) is 0 Å². The first-order valence-corrected chi connectivity index (χ1v) is 7.22. The normalized spacial score (nSPS) is 11.0. The van der Waals surface area contributed by atoms with Crippen LogP contribution in [-0.4, -0.2) is 15.5 Å².